The molecule has 0 radical (unpaired) electrons. The Bertz CT molecular complexity index is 638. The summed E-state index contributed by atoms with van der Waals surface area (Å²) in [6.45, 7) is 0.396. The molecule has 20 heavy (non-hydrogen) atoms. The zero-order valence-electron chi connectivity index (χ0n) is 10.8. The molecule has 0 unspecified atom stereocenters. The number of hydrogen-bond acceptors (Lipinski definition) is 6. The smallest absolute Gasteiger partial charge is 0.253 e. The van der Waals surface area contributed by atoms with Gasteiger partial charge in [-0.05, 0) is 12.1 Å². The van der Waals surface area contributed by atoms with Gasteiger partial charge in [-0.3, -0.25) is 9.59 Å². The van der Waals surface area contributed by atoms with Crippen LogP contribution in [0.5, 0.6) is 0 Å². The molecule has 0 aliphatic carbocycles. The number of H-pyrrole nitrogens is 1. The predicted molar refractivity (Wildman–Crippen MR) is 75.2 cm³/mol. The Hall–Kier alpha value is -2.22. The number of nitrogens with two attached hydrogens (primary N) is 1. The molecule has 106 valence electrons. The first-order valence-electron chi connectivity index (χ1n) is 5.80. The topological polar surface area (TPSA) is 105 Å². The van der Waals surface area contributed by atoms with E-state index in [1.807, 2.05) is 0 Å². The predicted octanol–water partition coefficient (Wildman–Crippen LogP) is 0.696. The Labute approximate surface area is 119 Å². The number of nitrogens with one attached hydrogen (secondary N) is 1. The van der Waals surface area contributed by atoms with Crippen molar-refractivity contribution in [2.75, 3.05) is 18.5 Å². The van der Waals surface area contributed by atoms with Gasteiger partial charge >= 0.3 is 0 Å². The van der Waals surface area contributed by atoms with Crippen LogP contribution in [0.2, 0.25) is 0 Å². The summed E-state index contributed by atoms with van der Waals surface area (Å²) in [6, 6.07) is 4.76. The number of rotatable bonds is 5. The fourth-order valence-corrected chi connectivity index (χ4v) is 2.31. The lowest BCUT2D eigenvalue weighted by Gasteiger charge is -2.15. The first-order chi connectivity index (χ1) is 9.54. The van der Waals surface area contributed by atoms with Crippen LogP contribution in [0.15, 0.2) is 38.8 Å². The van der Waals surface area contributed by atoms with E-state index in [4.69, 9.17) is 10.2 Å². The highest BCUT2D eigenvalue weighted by Crippen LogP contribution is 2.13. The van der Waals surface area contributed by atoms with Gasteiger partial charge in [0.2, 0.25) is 5.91 Å². The Morgan fingerprint density at radius 1 is 1.60 bits per heavy atom. The van der Waals surface area contributed by atoms with Crippen molar-refractivity contribution in [3.8, 4) is 0 Å². The Morgan fingerprint density at radius 2 is 2.40 bits per heavy atom. The van der Waals surface area contributed by atoms with Crippen molar-refractivity contribution in [2.45, 2.75) is 11.7 Å². The molecule has 0 fully saturated rings. The second-order valence-corrected chi connectivity index (χ2v) is 5.06. The van der Waals surface area contributed by atoms with E-state index in [0.29, 0.717) is 17.5 Å². The number of amides is 1. The van der Waals surface area contributed by atoms with Crippen molar-refractivity contribution >= 4 is 23.5 Å². The van der Waals surface area contributed by atoms with Crippen molar-refractivity contribution in [3.05, 3.63) is 40.6 Å². The summed E-state index contributed by atoms with van der Waals surface area (Å²) in [5.74, 6) is 0.898. The molecule has 0 aromatic carbocycles. The van der Waals surface area contributed by atoms with E-state index in [0.717, 1.165) is 11.8 Å². The van der Waals surface area contributed by atoms with Crippen LogP contribution in [-0.4, -0.2) is 33.6 Å². The van der Waals surface area contributed by atoms with E-state index in [1.165, 1.54) is 11.0 Å². The van der Waals surface area contributed by atoms with Gasteiger partial charge in [0.25, 0.3) is 5.56 Å². The molecule has 0 atom stereocenters. The monoisotopic (exact) mass is 294 g/mol. The summed E-state index contributed by atoms with van der Waals surface area (Å²) in [4.78, 5) is 31.1. The average Bonchev–Trinajstić information content (AvgIpc) is 2.87. The molecule has 0 bridgehead atoms. The number of nitrogens with zero attached hydrogens (tertiary/aromatic N) is 2. The standard InChI is InChI=1S/C12H14N4O3S/c1-16(6-8-3-2-4-19-8)11(18)7-20-12-14-9(13)5-10(17)15-12/h2-5H,6-7H2,1H3,(H3,13,14,15,17). The molecule has 7 nitrogen and oxygen atoms in total. The lowest BCUT2D eigenvalue weighted by molar-refractivity contribution is -0.127. The SMILES string of the molecule is CN(Cc1ccco1)C(=O)CSc1nc(N)cc(=O)[nH]1. The number of hydrogen-bond donors (Lipinski definition) is 2. The summed E-state index contributed by atoms with van der Waals surface area (Å²) < 4.78 is 5.17. The molecule has 2 aromatic rings. The molecule has 0 saturated heterocycles. The van der Waals surface area contributed by atoms with Crippen molar-refractivity contribution in [1.29, 1.82) is 0 Å². The van der Waals surface area contributed by atoms with Gasteiger partial charge in [0.15, 0.2) is 5.16 Å². The van der Waals surface area contributed by atoms with E-state index in [1.54, 1.807) is 25.4 Å². The van der Waals surface area contributed by atoms with Crippen LogP contribution >= 0.6 is 11.8 Å². The number of aromatic nitrogens is 2. The summed E-state index contributed by atoms with van der Waals surface area (Å²) in [5, 5.41) is 0.328. The second-order valence-electron chi connectivity index (χ2n) is 4.09. The van der Waals surface area contributed by atoms with Crippen LogP contribution in [-0.2, 0) is 11.3 Å². The fraction of sp³-hybridized carbons (Fsp3) is 0.250. The van der Waals surface area contributed by atoms with Crippen molar-refractivity contribution in [2.24, 2.45) is 0 Å². The summed E-state index contributed by atoms with van der Waals surface area (Å²) >= 11 is 1.13. The maximum absolute atomic E-state index is 11.9. The summed E-state index contributed by atoms with van der Waals surface area (Å²) in [6.07, 6.45) is 1.56. The normalized spacial score (nSPS) is 10.4. The Balaban J connectivity index is 1.89. The molecule has 0 spiro atoms. The third-order valence-electron chi connectivity index (χ3n) is 2.47. The molecule has 8 heteroatoms. The van der Waals surface area contributed by atoms with E-state index in [2.05, 4.69) is 9.97 Å². The molecule has 1 amide bonds. The van der Waals surface area contributed by atoms with Gasteiger partial charge in [-0.1, -0.05) is 11.8 Å². The number of carbonyl (C=O) groups is 1. The zero-order chi connectivity index (χ0) is 14.5. The minimum absolute atomic E-state index is 0.100. The van der Waals surface area contributed by atoms with Gasteiger partial charge in [0.05, 0.1) is 18.6 Å². The Kier molecular flexibility index (Phi) is 4.46. The Morgan fingerprint density at radius 3 is 3.05 bits per heavy atom. The maximum atomic E-state index is 11.9. The number of carbonyl (C=O) groups excluding carboxylic acids is 1. The maximum Gasteiger partial charge on any atom is 0.253 e. The zero-order valence-corrected chi connectivity index (χ0v) is 11.6. The van der Waals surface area contributed by atoms with Crippen molar-refractivity contribution < 1.29 is 9.21 Å². The number of aromatic amines is 1. The van der Waals surface area contributed by atoms with Crippen LogP contribution in [0.3, 0.4) is 0 Å². The minimum atomic E-state index is -0.337. The third kappa shape index (κ3) is 3.89. The highest BCUT2D eigenvalue weighted by atomic mass is 32.2. The van der Waals surface area contributed by atoms with E-state index in [-0.39, 0.29) is 23.0 Å². The van der Waals surface area contributed by atoms with E-state index in [9.17, 15) is 9.59 Å². The number of thioether (sulfide) groups is 1. The average molecular weight is 294 g/mol. The fourth-order valence-electron chi connectivity index (χ4n) is 1.49. The van der Waals surface area contributed by atoms with Gasteiger partial charge < -0.3 is 20.0 Å². The molecule has 2 aromatic heterocycles. The number of furan rings is 1. The van der Waals surface area contributed by atoms with Crippen LogP contribution in [0.25, 0.3) is 0 Å². The number of nitrogen functional groups attached to an aromatic ring is 1. The van der Waals surface area contributed by atoms with Gasteiger partial charge in [-0.2, -0.15) is 0 Å². The lowest BCUT2D eigenvalue weighted by Crippen LogP contribution is -2.27. The second kappa shape index (κ2) is 6.29. The van der Waals surface area contributed by atoms with Crippen LogP contribution in [0, 0.1) is 0 Å². The van der Waals surface area contributed by atoms with Crippen LogP contribution in [0.1, 0.15) is 5.76 Å². The van der Waals surface area contributed by atoms with E-state index >= 15 is 0 Å². The molecule has 0 aliphatic heterocycles. The molecule has 0 aliphatic rings. The van der Waals surface area contributed by atoms with Gasteiger partial charge in [-0.25, -0.2) is 4.98 Å². The summed E-state index contributed by atoms with van der Waals surface area (Å²) in [7, 11) is 1.68. The molecular weight excluding hydrogens is 280 g/mol. The first kappa shape index (κ1) is 14.2. The molecule has 2 rings (SSSR count). The quantitative estimate of drug-likeness (QED) is 0.621. The highest BCUT2D eigenvalue weighted by Gasteiger charge is 2.12. The summed E-state index contributed by atoms with van der Waals surface area (Å²) in [5.41, 5.74) is 5.13. The molecule has 3 N–H and O–H groups in total. The third-order valence-corrected chi connectivity index (χ3v) is 3.33. The minimum Gasteiger partial charge on any atom is -0.467 e. The number of anilines is 1. The van der Waals surface area contributed by atoms with Gasteiger partial charge in [0.1, 0.15) is 11.6 Å². The lowest BCUT2D eigenvalue weighted by atomic mass is 10.4. The molecule has 0 saturated carbocycles. The highest BCUT2D eigenvalue weighted by molar-refractivity contribution is 7.99. The van der Waals surface area contributed by atoms with Crippen molar-refractivity contribution in [3.63, 3.8) is 0 Å². The van der Waals surface area contributed by atoms with Gasteiger partial charge in [0, 0.05) is 13.1 Å². The molecular formula is C12H14N4O3S. The van der Waals surface area contributed by atoms with Crippen molar-refractivity contribution in [1.82, 2.24) is 14.9 Å². The molecule has 2 heterocycles. The first-order valence-corrected chi connectivity index (χ1v) is 6.79. The largest absolute Gasteiger partial charge is 0.467 e. The van der Waals surface area contributed by atoms with Crippen LogP contribution in [0.4, 0.5) is 5.82 Å². The van der Waals surface area contributed by atoms with E-state index < -0.39 is 0 Å². The van der Waals surface area contributed by atoms with Gasteiger partial charge in [-0.15, -0.1) is 0 Å². The van der Waals surface area contributed by atoms with Crippen LogP contribution < -0.4 is 11.3 Å².